The SMILES string of the molecule is Fc1ccccc1CCNc1cnnc(Nc2cccc(Cl)c2)n1. The zero-order chi connectivity index (χ0) is 16.8. The maximum Gasteiger partial charge on any atom is 0.249 e. The monoisotopic (exact) mass is 343 g/mol. The summed E-state index contributed by atoms with van der Waals surface area (Å²) in [5.41, 5.74) is 1.43. The van der Waals surface area contributed by atoms with Crippen LogP contribution >= 0.6 is 11.6 Å². The lowest BCUT2D eigenvalue weighted by molar-refractivity contribution is 0.610. The van der Waals surface area contributed by atoms with Crippen LogP contribution in [0.4, 0.5) is 21.8 Å². The van der Waals surface area contributed by atoms with E-state index < -0.39 is 0 Å². The van der Waals surface area contributed by atoms with Crippen molar-refractivity contribution in [3.8, 4) is 0 Å². The highest BCUT2D eigenvalue weighted by Crippen LogP contribution is 2.18. The van der Waals surface area contributed by atoms with Gasteiger partial charge in [0.25, 0.3) is 0 Å². The van der Waals surface area contributed by atoms with E-state index in [9.17, 15) is 4.39 Å². The molecule has 0 amide bonds. The van der Waals surface area contributed by atoms with Gasteiger partial charge in [0.15, 0.2) is 5.82 Å². The zero-order valence-corrected chi connectivity index (χ0v) is 13.5. The van der Waals surface area contributed by atoms with E-state index >= 15 is 0 Å². The first-order valence-electron chi connectivity index (χ1n) is 7.40. The third-order valence-corrected chi connectivity index (χ3v) is 3.53. The van der Waals surface area contributed by atoms with Crippen molar-refractivity contribution in [3.63, 3.8) is 0 Å². The van der Waals surface area contributed by atoms with Crippen LogP contribution in [-0.4, -0.2) is 21.7 Å². The smallest absolute Gasteiger partial charge is 0.249 e. The molecule has 5 nitrogen and oxygen atoms in total. The Labute approximate surface area is 143 Å². The van der Waals surface area contributed by atoms with Gasteiger partial charge in [0, 0.05) is 17.3 Å². The second kappa shape index (κ2) is 7.70. The highest BCUT2D eigenvalue weighted by Gasteiger charge is 2.03. The standard InChI is InChI=1S/C17H15ClFN5/c18-13-5-3-6-14(10-13)22-17-23-16(11-21-24-17)20-9-8-12-4-1-2-7-15(12)19/h1-7,10-11H,8-9H2,(H2,20,22,23,24). The van der Waals surface area contributed by atoms with E-state index in [2.05, 4.69) is 25.8 Å². The molecular formula is C17H15ClFN5. The van der Waals surface area contributed by atoms with Gasteiger partial charge < -0.3 is 10.6 Å². The Hall–Kier alpha value is -2.73. The van der Waals surface area contributed by atoms with Gasteiger partial charge in [0.05, 0.1) is 6.20 Å². The summed E-state index contributed by atoms with van der Waals surface area (Å²) in [6, 6.07) is 13.9. The molecule has 0 spiro atoms. The summed E-state index contributed by atoms with van der Waals surface area (Å²) >= 11 is 5.94. The molecule has 122 valence electrons. The lowest BCUT2D eigenvalue weighted by Crippen LogP contribution is -2.09. The molecule has 0 unspecified atom stereocenters. The topological polar surface area (TPSA) is 62.7 Å². The highest BCUT2D eigenvalue weighted by molar-refractivity contribution is 6.30. The molecule has 1 aromatic heterocycles. The van der Waals surface area contributed by atoms with E-state index in [4.69, 9.17) is 11.6 Å². The summed E-state index contributed by atoms with van der Waals surface area (Å²) < 4.78 is 13.6. The van der Waals surface area contributed by atoms with Crippen LogP contribution in [0.15, 0.2) is 54.7 Å². The Morgan fingerprint density at radius 1 is 1.08 bits per heavy atom. The summed E-state index contributed by atoms with van der Waals surface area (Å²) in [5, 5.41) is 14.6. The van der Waals surface area contributed by atoms with E-state index in [1.807, 2.05) is 18.2 Å². The average Bonchev–Trinajstić information content (AvgIpc) is 2.57. The van der Waals surface area contributed by atoms with E-state index in [-0.39, 0.29) is 5.82 Å². The molecule has 0 saturated carbocycles. The maximum absolute atomic E-state index is 13.6. The Kier molecular flexibility index (Phi) is 5.18. The minimum Gasteiger partial charge on any atom is -0.368 e. The van der Waals surface area contributed by atoms with Gasteiger partial charge in [-0.25, -0.2) is 4.39 Å². The van der Waals surface area contributed by atoms with Crippen molar-refractivity contribution in [1.29, 1.82) is 0 Å². The number of nitrogens with one attached hydrogen (secondary N) is 2. The second-order valence-electron chi connectivity index (χ2n) is 5.07. The lowest BCUT2D eigenvalue weighted by atomic mass is 10.1. The van der Waals surface area contributed by atoms with E-state index in [0.29, 0.717) is 35.3 Å². The molecule has 1 heterocycles. The minimum atomic E-state index is -0.205. The summed E-state index contributed by atoms with van der Waals surface area (Å²) in [4.78, 5) is 4.32. The first-order valence-corrected chi connectivity index (χ1v) is 7.78. The van der Waals surface area contributed by atoms with Crippen LogP contribution in [0, 0.1) is 5.82 Å². The summed E-state index contributed by atoms with van der Waals surface area (Å²) in [7, 11) is 0. The van der Waals surface area contributed by atoms with Crippen LogP contribution in [0.1, 0.15) is 5.56 Å². The Morgan fingerprint density at radius 3 is 2.79 bits per heavy atom. The Morgan fingerprint density at radius 2 is 1.96 bits per heavy atom. The largest absolute Gasteiger partial charge is 0.368 e. The van der Waals surface area contributed by atoms with Crippen LogP contribution < -0.4 is 10.6 Å². The average molecular weight is 344 g/mol. The van der Waals surface area contributed by atoms with Crippen molar-refractivity contribution in [2.45, 2.75) is 6.42 Å². The number of nitrogens with zero attached hydrogens (tertiary/aromatic N) is 3. The van der Waals surface area contributed by atoms with Crippen molar-refractivity contribution in [1.82, 2.24) is 15.2 Å². The first kappa shape index (κ1) is 16.1. The lowest BCUT2D eigenvalue weighted by Gasteiger charge is -2.08. The molecule has 2 N–H and O–H groups in total. The van der Waals surface area contributed by atoms with Gasteiger partial charge >= 0.3 is 0 Å². The number of benzene rings is 2. The highest BCUT2D eigenvalue weighted by atomic mass is 35.5. The molecule has 0 aliphatic carbocycles. The third-order valence-electron chi connectivity index (χ3n) is 3.30. The number of rotatable bonds is 6. The van der Waals surface area contributed by atoms with Gasteiger partial charge in [-0.15, -0.1) is 5.10 Å². The van der Waals surface area contributed by atoms with Crippen LogP contribution in [0.25, 0.3) is 0 Å². The molecule has 2 aromatic carbocycles. The molecule has 0 saturated heterocycles. The molecule has 0 radical (unpaired) electrons. The molecular weight excluding hydrogens is 329 g/mol. The summed E-state index contributed by atoms with van der Waals surface area (Å²) in [6.07, 6.45) is 2.07. The fourth-order valence-electron chi connectivity index (χ4n) is 2.16. The number of halogens is 2. The van der Waals surface area contributed by atoms with Crippen molar-refractivity contribution in [2.75, 3.05) is 17.2 Å². The Balaban J connectivity index is 1.60. The predicted octanol–water partition coefficient (Wildman–Crippen LogP) is 4.06. The normalized spacial score (nSPS) is 10.4. The van der Waals surface area contributed by atoms with Gasteiger partial charge in [-0.2, -0.15) is 10.1 Å². The predicted molar refractivity (Wildman–Crippen MR) is 93.2 cm³/mol. The van der Waals surface area contributed by atoms with Crippen molar-refractivity contribution < 1.29 is 4.39 Å². The summed E-state index contributed by atoms with van der Waals surface area (Å²) in [6.45, 7) is 0.538. The maximum atomic E-state index is 13.6. The second-order valence-corrected chi connectivity index (χ2v) is 5.51. The molecule has 0 bridgehead atoms. The molecule has 0 aliphatic rings. The first-order chi connectivity index (χ1) is 11.7. The van der Waals surface area contributed by atoms with Crippen molar-refractivity contribution in [2.24, 2.45) is 0 Å². The molecule has 7 heteroatoms. The minimum absolute atomic E-state index is 0.205. The van der Waals surface area contributed by atoms with Crippen molar-refractivity contribution >= 4 is 29.1 Å². The third kappa shape index (κ3) is 4.39. The van der Waals surface area contributed by atoms with Crippen LogP contribution in [0.5, 0.6) is 0 Å². The quantitative estimate of drug-likeness (QED) is 0.706. The van der Waals surface area contributed by atoms with Crippen LogP contribution in [0.2, 0.25) is 5.02 Å². The summed E-state index contributed by atoms with van der Waals surface area (Å²) in [5.74, 6) is 0.711. The van der Waals surface area contributed by atoms with Gasteiger partial charge in [-0.05, 0) is 36.2 Å². The van der Waals surface area contributed by atoms with Gasteiger partial charge in [-0.3, -0.25) is 0 Å². The van der Waals surface area contributed by atoms with Gasteiger partial charge in [-0.1, -0.05) is 35.9 Å². The number of anilines is 3. The van der Waals surface area contributed by atoms with Crippen LogP contribution in [-0.2, 0) is 6.42 Å². The van der Waals surface area contributed by atoms with E-state index in [1.165, 1.54) is 12.3 Å². The van der Waals surface area contributed by atoms with Crippen LogP contribution in [0.3, 0.4) is 0 Å². The molecule has 3 aromatic rings. The van der Waals surface area contributed by atoms with E-state index in [0.717, 1.165) is 5.69 Å². The molecule has 0 fully saturated rings. The molecule has 3 rings (SSSR count). The van der Waals surface area contributed by atoms with Gasteiger partial charge in [0.1, 0.15) is 5.82 Å². The molecule has 0 atom stereocenters. The number of aromatic nitrogens is 3. The number of hydrogen-bond acceptors (Lipinski definition) is 5. The number of hydrogen-bond donors (Lipinski definition) is 2. The fourth-order valence-corrected chi connectivity index (χ4v) is 2.35. The Bertz CT molecular complexity index is 827. The van der Waals surface area contributed by atoms with Gasteiger partial charge in [0.2, 0.25) is 5.95 Å². The molecule has 24 heavy (non-hydrogen) atoms. The molecule has 0 aliphatic heterocycles. The fraction of sp³-hybridized carbons (Fsp3) is 0.118. The van der Waals surface area contributed by atoms with Crippen molar-refractivity contribution in [3.05, 3.63) is 71.1 Å². The van der Waals surface area contributed by atoms with E-state index in [1.54, 1.807) is 24.3 Å². The zero-order valence-electron chi connectivity index (χ0n) is 12.7.